The summed E-state index contributed by atoms with van der Waals surface area (Å²) in [6.07, 6.45) is 1.21. The van der Waals surface area contributed by atoms with Gasteiger partial charge in [0.25, 0.3) is 0 Å². The Bertz CT molecular complexity index is 205. The minimum atomic E-state index is 0.687. The minimum absolute atomic E-state index is 0.687. The van der Waals surface area contributed by atoms with Crippen LogP contribution in [0.15, 0.2) is 5.51 Å². The van der Waals surface area contributed by atoms with Crippen molar-refractivity contribution < 1.29 is 0 Å². The van der Waals surface area contributed by atoms with Crippen molar-refractivity contribution in [3.63, 3.8) is 0 Å². The van der Waals surface area contributed by atoms with Crippen molar-refractivity contribution in [2.75, 3.05) is 0 Å². The molecule has 0 aromatic carbocycles. The maximum Gasteiger partial charge on any atom is 0.0797 e. The average molecular weight is 155 g/mol. The zero-order chi connectivity index (χ0) is 7.56. The van der Waals surface area contributed by atoms with E-state index in [1.165, 1.54) is 17.0 Å². The number of thiazole rings is 1. The predicted molar refractivity (Wildman–Crippen MR) is 45.6 cm³/mol. The smallest absolute Gasteiger partial charge is 0.0797 e. The third kappa shape index (κ3) is 1.37. The van der Waals surface area contributed by atoms with E-state index in [0.717, 1.165) is 0 Å². The van der Waals surface area contributed by atoms with Crippen LogP contribution in [0.3, 0.4) is 0 Å². The van der Waals surface area contributed by atoms with Crippen molar-refractivity contribution in [1.82, 2.24) is 4.98 Å². The molecule has 0 saturated heterocycles. The molecule has 2 heteroatoms. The van der Waals surface area contributed by atoms with Gasteiger partial charge in [0.15, 0.2) is 0 Å². The predicted octanol–water partition coefficient (Wildman–Crippen LogP) is 2.97. The Balaban J connectivity index is 2.82. The number of hydrogen-bond acceptors (Lipinski definition) is 2. The van der Waals surface area contributed by atoms with Gasteiger partial charge in [-0.25, -0.2) is 4.98 Å². The zero-order valence-corrected chi connectivity index (χ0v) is 7.53. The SMILES string of the molecule is CCC(C)c1scnc1C. The van der Waals surface area contributed by atoms with Gasteiger partial charge in [-0.3, -0.25) is 0 Å². The quantitative estimate of drug-likeness (QED) is 0.640. The highest BCUT2D eigenvalue weighted by Gasteiger charge is 2.07. The molecule has 10 heavy (non-hydrogen) atoms. The number of aromatic nitrogens is 1. The Kier molecular flexibility index (Phi) is 2.44. The molecule has 56 valence electrons. The molecule has 0 spiro atoms. The molecule has 1 heterocycles. The van der Waals surface area contributed by atoms with E-state index in [4.69, 9.17) is 0 Å². The first-order chi connectivity index (χ1) is 4.75. The zero-order valence-electron chi connectivity index (χ0n) is 6.72. The van der Waals surface area contributed by atoms with Crippen LogP contribution in [-0.2, 0) is 0 Å². The van der Waals surface area contributed by atoms with Crippen LogP contribution >= 0.6 is 11.3 Å². The normalized spacial score (nSPS) is 13.5. The van der Waals surface area contributed by atoms with Crippen LogP contribution in [0.4, 0.5) is 0 Å². The molecule has 0 fully saturated rings. The van der Waals surface area contributed by atoms with Gasteiger partial charge in [0.2, 0.25) is 0 Å². The van der Waals surface area contributed by atoms with E-state index in [0.29, 0.717) is 5.92 Å². The van der Waals surface area contributed by atoms with E-state index in [1.54, 1.807) is 11.3 Å². The molecular weight excluding hydrogens is 142 g/mol. The molecule has 1 rings (SSSR count). The van der Waals surface area contributed by atoms with Crippen LogP contribution in [0.25, 0.3) is 0 Å². The first-order valence-corrected chi connectivity index (χ1v) is 4.53. The minimum Gasteiger partial charge on any atom is -0.250 e. The highest BCUT2D eigenvalue weighted by Crippen LogP contribution is 2.25. The van der Waals surface area contributed by atoms with Gasteiger partial charge in [-0.05, 0) is 19.3 Å². The second kappa shape index (κ2) is 3.15. The van der Waals surface area contributed by atoms with E-state index < -0.39 is 0 Å². The van der Waals surface area contributed by atoms with E-state index in [-0.39, 0.29) is 0 Å². The molecule has 1 aromatic rings. The first-order valence-electron chi connectivity index (χ1n) is 3.65. The number of rotatable bonds is 2. The standard InChI is InChI=1S/C8H13NS/c1-4-6(2)8-7(3)9-5-10-8/h5-6H,4H2,1-3H3. The van der Waals surface area contributed by atoms with Crippen molar-refractivity contribution >= 4 is 11.3 Å². The third-order valence-electron chi connectivity index (χ3n) is 1.84. The summed E-state index contributed by atoms with van der Waals surface area (Å²) in [6.45, 7) is 6.54. The fourth-order valence-corrected chi connectivity index (χ4v) is 1.92. The summed E-state index contributed by atoms with van der Waals surface area (Å²) in [5.74, 6) is 0.687. The Morgan fingerprint density at radius 3 is 2.80 bits per heavy atom. The lowest BCUT2D eigenvalue weighted by Gasteiger charge is -2.04. The van der Waals surface area contributed by atoms with Gasteiger partial charge in [-0.1, -0.05) is 13.8 Å². The second-order valence-electron chi connectivity index (χ2n) is 2.61. The monoisotopic (exact) mass is 155 g/mol. The molecule has 1 unspecified atom stereocenters. The average Bonchev–Trinajstić information content (AvgIpc) is 2.34. The Morgan fingerprint density at radius 1 is 1.70 bits per heavy atom. The maximum absolute atomic E-state index is 4.20. The number of aryl methyl sites for hydroxylation is 1. The highest BCUT2D eigenvalue weighted by atomic mass is 32.1. The number of nitrogens with zero attached hydrogens (tertiary/aromatic N) is 1. The van der Waals surface area contributed by atoms with Crippen LogP contribution in [0.2, 0.25) is 0 Å². The lowest BCUT2D eigenvalue weighted by atomic mass is 10.1. The molecule has 1 nitrogen and oxygen atoms in total. The topological polar surface area (TPSA) is 12.9 Å². The third-order valence-corrected chi connectivity index (χ3v) is 3.01. The van der Waals surface area contributed by atoms with Gasteiger partial charge in [0, 0.05) is 4.88 Å². The van der Waals surface area contributed by atoms with Gasteiger partial charge >= 0.3 is 0 Å². The Morgan fingerprint density at radius 2 is 2.40 bits per heavy atom. The van der Waals surface area contributed by atoms with E-state index >= 15 is 0 Å². The van der Waals surface area contributed by atoms with Crippen LogP contribution in [0.5, 0.6) is 0 Å². The summed E-state index contributed by atoms with van der Waals surface area (Å²) in [5, 5.41) is 0. The first kappa shape index (κ1) is 7.73. The molecule has 1 atom stereocenters. The van der Waals surface area contributed by atoms with Gasteiger partial charge < -0.3 is 0 Å². The Hall–Kier alpha value is -0.370. The second-order valence-corrected chi connectivity index (χ2v) is 3.50. The van der Waals surface area contributed by atoms with Crippen LogP contribution in [0, 0.1) is 6.92 Å². The largest absolute Gasteiger partial charge is 0.250 e. The highest BCUT2D eigenvalue weighted by molar-refractivity contribution is 7.09. The fraction of sp³-hybridized carbons (Fsp3) is 0.625. The molecule has 0 bridgehead atoms. The van der Waals surface area contributed by atoms with Crippen molar-refractivity contribution in [1.29, 1.82) is 0 Å². The molecule has 0 aliphatic rings. The lowest BCUT2D eigenvalue weighted by Crippen LogP contribution is -1.89. The van der Waals surface area contributed by atoms with Crippen molar-refractivity contribution in [2.24, 2.45) is 0 Å². The molecule has 0 aliphatic heterocycles. The summed E-state index contributed by atoms with van der Waals surface area (Å²) in [7, 11) is 0. The summed E-state index contributed by atoms with van der Waals surface area (Å²) in [4.78, 5) is 5.65. The molecule has 0 saturated carbocycles. The lowest BCUT2D eigenvalue weighted by molar-refractivity contribution is 0.740. The number of hydrogen-bond donors (Lipinski definition) is 0. The van der Waals surface area contributed by atoms with Gasteiger partial charge in [0.05, 0.1) is 11.2 Å². The van der Waals surface area contributed by atoms with E-state index in [9.17, 15) is 0 Å². The van der Waals surface area contributed by atoms with Gasteiger partial charge in [-0.2, -0.15) is 0 Å². The van der Waals surface area contributed by atoms with Crippen molar-refractivity contribution in [3.05, 3.63) is 16.1 Å². The summed E-state index contributed by atoms with van der Waals surface area (Å²) in [5.41, 5.74) is 3.14. The molecule has 0 amide bonds. The van der Waals surface area contributed by atoms with Gasteiger partial charge in [0.1, 0.15) is 0 Å². The van der Waals surface area contributed by atoms with Crippen molar-refractivity contribution in [3.8, 4) is 0 Å². The van der Waals surface area contributed by atoms with E-state index in [1.807, 2.05) is 5.51 Å². The van der Waals surface area contributed by atoms with Gasteiger partial charge in [-0.15, -0.1) is 11.3 Å². The summed E-state index contributed by atoms with van der Waals surface area (Å²) >= 11 is 1.77. The molecular formula is C8H13NS. The van der Waals surface area contributed by atoms with Crippen LogP contribution in [-0.4, -0.2) is 4.98 Å². The van der Waals surface area contributed by atoms with E-state index in [2.05, 4.69) is 25.8 Å². The molecule has 0 radical (unpaired) electrons. The molecule has 1 aromatic heterocycles. The van der Waals surface area contributed by atoms with Crippen molar-refractivity contribution in [2.45, 2.75) is 33.1 Å². The molecule has 0 N–H and O–H groups in total. The fourth-order valence-electron chi connectivity index (χ4n) is 0.969. The Labute approximate surface area is 66.1 Å². The molecule has 0 aliphatic carbocycles. The maximum atomic E-state index is 4.20. The van der Waals surface area contributed by atoms with Crippen LogP contribution in [0.1, 0.15) is 36.8 Å². The summed E-state index contributed by atoms with van der Waals surface area (Å²) < 4.78 is 0. The summed E-state index contributed by atoms with van der Waals surface area (Å²) in [6, 6.07) is 0. The van der Waals surface area contributed by atoms with Crippen LogP contribution < -0.4 is 0 Å².